The molecule has 164 valence electrons. The Balaban J connectivity index is 1.79. The first kappa shape index (κ1) is 22.6. The lowest BCUT2D eigenvalue weighted by Gasteiger charge is -2.23. The van der Waals surface area contributed by atoms with Crippen molar-refractivity contribution in [1.29, 1.82) is 0 Å². The van der Waals surface area contributed by atoms with Gasteiger partial charge in [-0.15, -0.1) is 0 Å². The van der Waals surface area contributed by atoms with E-state index in [1.54, 1.807) is 31.2 Å². The van der Waals surface area contributed by atoms with E-state index in [1.165, 1.54) is 24.3 Å². The van der Waals surface area contributed by atoms with Crippen LogP contribution in [0.25, 0.3) is 0 Å². The zero-order valence-corrected chi connectivity index (χ0v) is 17.4. The SMILES string of the molecule is COC(=O)C1(C)CN(CC(=O)Nc2cccc(C(F)(F)F)c2)N=C1c1ccc(Cl)cc1. The minimum Gasteiger partial charge on any atom is -0.468 e. The van der Waals surface area contributed by atoms with Gasteiger partial charge < -0.3 is 10.1 Å². The highest BCUT2D eigenvalue weighted by atomic mass is 35.5. The highest BCUT2D eigenvalue weighted by molar-refractivity contribution is 6.30. The van der Waals surface area contributed by atoms with E-state index in [9.17, 15) is 22.8 Å². The molecule has 0 radical (unpaired) electrons. The van der Waals surface area contributed by atoms with Crippen molar-refractivity contribution in [2.75, 3.05) is 25.5 Å². The Morgan fingerprint density at radius 1 is 1.23 bits per heavy atom. The van der Waals surface area contributed by atoms with Crippen LogP contribution < -0.4 is 5.32 Å². The monoisotopic (exact) mass is 453 g/mol. The number of hydrazone groups is 1. The molecule has 1 heterocycles. The summed E-state index contributed by atoms with van der Waals surface area (Å²) in [7, 11) is 1.26. The van der Waals surface area contributed by atoms with E-state index in [0.717, 1.165) is 12.1 Å². The number of methoxy groups -OCH3 is 1. The van der Waals surface area contributed by atoms with Gasteiger partial charge in [0, 0.05) is 10.7 Å². The van der Waals surface area contributed by atoms with Gasteiger partial charge in [-0.25, -0.2) is 0 Å². The number of carbonyl (C=O) groups is 2. The summed E-state index contributed by atoms with van der Waals surface area (Å²) in [6, 6.07) is 11.0. The Labute approximate surface area is 181 Å². The number of ether oxygens (including phenoxy) is 1. The summed E-state index contributed by atoms with van der Waals surface area (Å²) < 4.78 is 43.5. The van der Waals surface area contributed by atoms with Crippen LogP contribution in [0.4, 0.5) is 18.9 Å². The lowest BCUT2D eigenvalue weighted by atomic mass is 9.82. The highest BCUT2D eigenvalue weighted by Gasteiger charge is 2.47. The van der Waals surface area contributed by atoms with Crippen LogP contribution in [0.5, 0.6) is 0 Å². The molecule has 1 unspecified atom stereocenters. The van der Waals surface area contributed by atoms with Gasteiger partial charge in [-0.2, -0.15) is 18.3 Å². The van der Waals surface area contributed by atoms with Gasteiger partial charge in [0.1, 0.15) is 12.0 Å². The van der Waals surface area contributed by atoms with Gasteiger partial charge in [-0.05, 0) is 42.8 Å². The maximum atomic E-state index is 12.9. The fourth-order valence-electron chi connectivity index (χ4n) is 3.33. The summed E-state index contributed by atoms with van der Waals surface area (Å²) in [6.07, 6.45) is -4.52. The van der Waals surface area contributed by atoms with Crippen molar-refractivity contribution < 1.29 is 27.5 Å². The number of carbonyl (C=O) groups excluding carboxylic acids is 2. The Kier molecular flexibility index (Phi) is 6.26. The number of benzene rings is 2. The van der Waals surface area contributed by atoms with Gasteiger partial charge in [0.25, 0.3) is 0 Å². The molecule has 0 saturated carbocycles. The van der Waals surface area contributed by atoms with Crippen molar-refractivity contribution in [2.24, 2.45) is 10.5 Å². The fourth-order valence-corrected chi connectivity index (χ4v) is 3.45. The molecular formula is C21H19ClF3N3O3. The first-order valence-corrected chi connectivity index (χ1v) is 9.56. The summed E-state index contributed by atoms with van der Waals surface area (Å²) in [4.78, 5) is 24.9. The number of halogens is 4. The van der Waals surface area contributed by atoms with E-state index in [0.29, 0.717) is 16.3 Å². The molecule has 1 aliphatic heterocycles. The van der Waals surface area contributed by atoms with Gasteiger partial charge in [0.2, 0.25) is 5.91 Å². The number of alkyl halides is 3. The molecule has 1 aliphatic rings. The topological polar surface area (TPSA) is 71.0 Å². The summed E-state index contributed by atoms with van der Waals surface area (Å²) in [6.45, 7) is 1.45. The van der Waals surface area contributed by atoms with E-state index in [4.69, 9.17) is 16.3 Å². The number of amides is 1. The third kappa shape index (κ3) is 4.99. The standard InChI is InChI=1S/C21H19ClF3N3O3/c1-20(19(30)31-2)12-28(27-18(20)13-6-8-15(22)9-7-13)11-17(29)26-16-5-3-4-14(10-16)21(23,24)25/h3-10H,11-12H2,1-2H3,(H,26,29). The number of esters is 1. The zero-order valence-electron chi connectivity index (χ0n) is 16.7. The van der Waals surface area contributed by atoms with Crippen LogP contribution in [-0.2, 0) is 20.5 Å². The fraction of sp³-hybridized carbons (Fsp3) is 0.286. The maximum absolute atomic E-state index is 12.9. The van der Waals surface area contributed by atoms with E-state index in [2.05, 4.69) is 10.4 Å². The normalized spacial score (nSPS) is 18.5. The average Bonchev–Trinajstić information content (AvgIpc) is 3.04. The number of hydrogen-bond acceptors (Lipinski definition) is 5. The van der Waals surface area contributed by atoms with E-state index >= 15 is 0 Å². The quantitative estimate of drug-likeness (QED) is 0.689. The summed E-state index contributed by atoms with van der Waals surface area (Å²) >= 11 is 5.93. The summed E-state index contributed by atoms with van der Waals surface area (Å²) in [5.74, 6) is -1.10. The lowest BCUT2D eigenvalue weighted by molar-refractivity contribution is -0.148. The minimum absolute atomic E-state index is 0.0108. The zero-order chi connectivity index (χ0) is 22.8. The van der Waals surface area contributed by atoms with E-state index < -0.39 is 29.0 Å². The average molecular weight is 454 g/mol. The van der Waals surface area contributed by atoms with Crippen molar-refractivity contribution in [2.45, 2.75) is 13.1 Å². The molecule has 0 aliphatic carbocycles. The molecule has 1 amide bonds. The first-order chi connectivity index (χ1) is 14.5. The molecule has 31 heavy (non-hydrogen) atoms. The molecule has 0 saturated heterocycles. The molecule has 2 aromatic rings. The van der Waals surface area contributed by atoms with Crippen LogP contribution >= 0.6 is 11.6 Å². The molecule has 0 fully saturated rings. The number of anilines is 1. The van der Waals surface area contributed by atoms with Gasteiger partial charge in [0.15, 0.2) is 0 Å². The number of nitrogens with one attached hydrogen (secondary N) is 1. The van der Waals surface area contributed by atoms with Crippen molar-refractivity contribution in [1.82, 2.24) is 5.01 Å². The van der Waals surface area contributed by atoms with Crippen LogP contribution in [0.2, 0.25) is 5.02 Å². The van der Waals surface area contributed by atoms with Crippen LogP contribution in [0, 0.1) is 5.41 Å². The lowest BCUT2D eigenvalue weighted by Crippen LogP contribution is -2.41. The van der Waals surface area contributed by atoms with Gasteiger partial charge in [-0.3, -0.25) is 14.6 Å². The summed E-state index contributed by atoms with van der Waals surface area (Å²) in [5, 5.41) is 8.74. The molecule has 0 spiro atoms. The minimum atomic E-state index is -4.52. The molecule has 1 atom stereocenters. The van der Waals surface area contributed by atoms with Crippen LogP contribution in [-0.4, -0.2) is 42.8 Å². The molecule has 6 nitrogen and oxygen atoms in total. The first-order valence-electron chi connectivity index (χ1n) is 9.18. The second-order valence-electron chi connectivity index (χ2n) is 7.23. The number of hydrogen-bond donors (Lipinski definition) is 1. The Morgan fingerprint density at radius 3 is 2.52 bits per heavy atom. The molecule has 2 aromatic carbocycles. The Hall–Kier alpha value is -3.07. The molecule has 0 bridgehead atoms. The van der Waals surface area contributed by atoms with Crippen LogP contribution in [0.3, 0.4) is 0 Å². The Morgan fingerprint density at radius 2 is 1.90 bits per heavy atom. The molecule has 1 N–H and O–H groups in total. The van der Waals surface area contributed by atoms with Crippen molar-refractivity contribution in [3.05, 3.63) is 64.7 Å². The molecule has 10 heteroatoms. The van der Waals surface area contributed by atoms with Crippen molar-refractivity contribution in [3.8, 4) is 0 Å². The predicted molar refractivity (Wildman–Crippen MR) is 110 cm³/mol. The second kappa shape index (κ2) is 8.58. The van der Waals surface area contributed by atoms with Gasteiger partial charge in [-0.1, -0.05) is 29.8 Å². The van der Waals surface area contributed by atoms with Gasteiger partial charge in [0.05, 0.1) is 24.9 Å². The van der Waals surface area contributed by atoms with Crippen molar-refractivity contribution >= 4 is 34.9 Å². The molecular weight excluding hydrogens is 435 g/mol. The third-order valence-electron chi connectivity index (χ3n) is 4.82. The summed E-state index contributed by atoms with van der Waals surface area (Å²) in [5.41, 5.74) is -0.954. The number of nitrogens with zero attached hydrogens (tertiary/aromatic N) is 2. The Bertz CT molecular complexity index is 1020. The van der Waals surface area contributed by atoms with Crippen LogP contribution in [0.15, 0.2) is 53.6 Å². The second-order valence-corrected chi connectivity index (χ2v) is 7.67. The smallest absolute Gasteiger partial charge is 0.416 e. The van der Waals surface area contributed by atoms with E-state index in [1.807, 2.05) is 0 Å². The maximum Gasteiger partial charge on any atom is 0.416 e. The van der Waals surface area contributed by atoms with E-state index in [-0.39, 0.29) is 18.8 Å². The number of rotatable bonds is 5. The third-order valence-corrected chi connectivity index (χ3v) is 5.07. The largest absolute Gasteiger partial charge is 0.468 e. The predicted octanol–water partition coefficient (Wildman–Crippen LogP) is 4.20. The molecule has 0 aromatic heterocycles. The molecule has 3 rings (SSSR count). The van der Waals surface area contributed by atoms with Crippen LogP contribution in [0.1, 0.15) is 18.1 Å². The highest BCUT2D eigenvalue weighted by Crippen LogP contribution is 2.33. The van der Waals surface area contributed by atoms with Crippen molar-refractivity contribution in [3.63, 3.8) is 0 Å². The van der Waals surface area contributed by atoms with Gasteiger partial charge >= 0.3 is 12.1 Å².